The fourth-order valence-electron chi connectivity index (χ4n) is 1.41. The van der Waals surface area contributed by atoms with Crippen molar-refractivity contribution in [1.82, 2.24) is 4.98 Å². The maximum absolute atomic E-state index is 11.9. The van der Waals surface area contributed by atoms with Gasteiger partial charge < -0.3 is 11.1 Å². The minimum atomic E-state index is -3.38. The first-order valence-electron chi connectivity index (χ1n) is 5.29. The second-order valence-electron chi connectivity index (χ2n) is 3.94. The monoisotopic (exact) mass is 331 g/mol. The van der Waals surface area contributed by atoms with E-state index in [0.29, 0.717) is 0 Å². The van der Waals surface area contributed by atoms with Gasteiger partial charge in [-0.3, -0.25) is 4.79 Å². The molecular weight excluding hydrogens is 322 g/mol. The molecule has 20 heavy (non-hydrogen) atoms. The van der Waals surface area contributed by atoms with Gasteiger partial charge in [0.15, 0.2) is 15.0 Å². The number of nitrogen functional groups attached to an aromatic ring is 1. The van der Waals surface area contributed by atoms with E-state index in [9.17, 15) is 13.2 Å². The zero-order chi connectivity index (χ0) is 14.9. The Bertz CT molecular complexity index is 771. The normalized spacial score (nSPS) is 11.3. The molecule has 6 nitrogen and oxygen atoms in total. The Hall–Kier alpha value is -1.64. The second kappa shape index (κ2) is 5.39. The van der Waals surface area contributed by atoms with Gasteiger partial charge in [-0.25, -0.2) is 13.4 Å². The number of rotatable bonds is 3. The van der Waals surface area contributed by atoms with Crippen LogP contribution in [0.1, 0.15) is 10.5 Å². The molecule has 2 rings (SSSR count). The Balaban J connectivity index is 2.31. The van der Waals surface area contributed by atoms with Crippen molar-refractivity contribution in [1.29, 1.82) is 0 Å². The van der Waals surface area contributed by atoms with Crippen LogP contribution in [0.3, 0.4) is 0 Å². The number of hydrogen-bond donors (Lipinski definition) is 2. The van der Waals surface area contributed by atoms with Crippen LogP contribution in [0.15, 0.2) is 28.5 Å². The van der Waals surface area contributed by atoms with Gasteiger partial charge in [0.25, 0.3) is 5.91 Å². The third kappa shape index (κ3) is 3.27. The van der Waals surface area contributed by atoms with E-state index in [2.05, 4.69) is 10.3 Å². The molecule has 0 saturated carbocycles. The van der Waals surface area contributed by atoms with Gasteiger partial charge in [0.05, 0.1) is 15.6 Å². The molecule has 0 aliphatic rings. The number of thiazole rings is 1. The number of aromatic nitrogens is 1. The van der Waals surface area contributed by atoms with Crippen LogP contribution in [0, 0.1) is 0 Å². The second-order valence-corrected chi connectivity index (χ2v) is 7.25. The molecule has 1 heterocycles. The molecule has 9 heteroatoms. The molecule has 0 bridgehead atoms. The van der Waals surface area contributed by atoms with E-state index >= 15 is 0 Å². The number of hydrogen-bond acceptors (Lipinski definition) is 6. The van der Waals surface area contributed by atoms with Crippen molar-refractivity contribution in [2.24, 2.45) is 0 Å². The largest absolute Gasteiger partial charge is 0.375 e. The summed E-state index contributed by atoms with van der Waals surface area (Å²) in [6.07, 6.45) is 1.07. The van der Waals surface area contributed by atoms with Gasteiger partial charge >= 0.3 is 0 Å². The molecule has 0 atom stereocenters. The van der Waals surface area contributed by atoms with Gasteiger partial charge in [-0.15, -0.1) is 11.3 Å². The number of nitrogens with one attached hydrogen (secondary N) is 1. The summed E-state index contributed by atoms with van der Waals surface area (Å²) in [5, 5.41) is 4.50. The molecule has 1 aromatic carbocycles. The van der Waals surface area contributed by atoms with Crippen molar-refractivity contribution >= 4 is 49.5 Å². The van der Waals surface area contributed by atoms with Gasteiger partial charge in [-0.2, -0.15) is 0 Å². The van der Waals surface area contributed by atoms with E-state index in [1.807, 2.05) is 0 Å². The standard InChI is InChI=1S/C11H10ClN3O3S2/c1-20(17,18)6-2-3-7(12)8(4-6)14-10(16)9-5-19-11(13)15-9/h2-5H,1H3,(H2,13,15)(H,14,16). The minimum absolute atomic E-state index is 0.0648. The number of nitrogens with two attached hydrogens (primary N) is 1. The number of benzene rings is 1. The summed E-state index contributed by atoms with van der Waals surface area (Å²) in [7, 11) is -3.38. The molecule has 0 unspecified atom stereocenters. The highest BCUT2D eigenvalue weighted by atomic mass is 35.5. The van der Waals surface area contributed by atoms with E-state index in [1.54, 1.807) is 0 Å². The SMILES string of the molecule is CS(=O)(=O)c1ccc(Cl)c(NC(=O)c2csc(N)n2)c1. The van der Waals surface area contributed by atoms with Gasteiger partial charge in [-0.1, -0.05) is 11.6 Å². The lowest BCUT2D eigenvalue weighted by Crippen LogP contribution is -2.13. The molecule has 0 fully saturated rings. The van der Waals surface area contributed by atoms with Crippen LogP contribution in [-0.2, 0) is 9.84 Å². The molecule has 0 radical (unpaired) electrons. The third-order valence-corrected chi connectivity index (χ3v) is 4.48. The Labute approximate surface area is 124 Å². The molecule has 3 N–H and O–H groups in total. The number of carbonyl (C=O) groups is 1. The zero-order valence-corrected chi connectivity index (χ0v) is 12.6. The zero-order valence-electron chi connectivity index (χ0n) is 10.3. The summed E-state index contributed by atoms with van der Waals surface area (Å²) < 4.78 is 22.9. The summed E-state index contributed by atoms with van der Waals surface area (Å²) in [6, 6.07) is 4.07. The predicted octanol–water partition coefficient (Wildman–Crippen LogP) is 2.03. The first-order chi connectivity index (χ1) is 9.27. The molecule has 1 aromatic heterocycles. The van der Waals surface area contributed by atoms with E-state index in [4.69, 9.17) is 17.3 Å². The van der Waals surface area contributed by atoms with Gasteiger partial charge in [0, 0.05) is 11.6 Å². The highest BCUT2D eigenvalue weighted by Gasteiger charge is 2.14. The smallest absolute Gasteiger partial charge is 0.275 e. The molecule has 0 spiro atoms. The summed E-state index contributed by atoms with van der Waals surface area (Å²) in [5.41, 5.74) is 5.79. The number of nitrogens with zero attached hydrogens (tertiary/aromatic N) is 1. The Morgan fingerprint density at radius 1 is 1.45 bits per heavy atom. The van der Waals surface area contributed by atoms with E-state index in [0.717, 1.165) is 17.6 Å². The lowest BCUT2D eigenvalue weighted by molar-refractivity contribution is 0.102. The number of halogens is 1. The maximum Gasteiger partial charge on any atom is 0.275 e. The quantitative estimate of drug-likeness (QED) is 0.896. The van der Waals surface area contributed by atoms with Crippen molar-refractivity contribution in [3.63, 3.8) is 0 Å². The molecule has 0 aliphatic carbocycles. The van der Waals surface area contributed by atoms with Gasteiger partial charge in [0.1, 0.15) is 5.69 Å². The maximum atomic E-state index is 11.9. The van der Waals surface area contributed by atoms with Crippen LogP contribution < -0.4 is 11.1 Å². The van der Waals surface area contributed by atoms with Crippen LogP contribution in [0.4, 0.5) is 10.8 Å². The highest BCUT2D eigenvalue weighted by molar-refractivity contribution is 7.90. The number of carbonyl (C=O) groups excluding carboxylic acids is 1. The van der Waals surface area contributed by atoms with Crippen LogP contribution >= 0.6 is 22.9 Å². The Kier molecular flexibility index (Phi) is 3.98. The molecule has 1 amide bonds. The van der Waals surface area contributed by atoms with E-state index in [1.165, 1.54) is 23.6 Å². The highest BCUT2D eigenvalue weighted by Crippen LogP contribution is 2.26. The lowest BCUT2D eigenvalue weighted by atomic mass is 10.3. The number of sulfone groups is 1. The first-order valence-corrected chi connectivity index (χ1v) is 8.44. The van der Waals surface area contributed by atoms with E-state index in [-0.39, 0.29) is 26.4 Å². The van der Waals surface area contributed by atoms with Crippen LogP contribution in [-0.4, -0.2) is 25.6 Å². The Morgan fingerprint density at radius 3 is 2.70 bits per heavy atom. The van der Waals surface area contributed by atoms with Crippen molar-refractivity contribution in [2.75, 3.05) is 17.3 Å². The lowest BCUT2D eigenvalue weighted by Gasteiger charge is -2.07. The summed E-state index contributed by atoms with van der Waals surface area (Å²) in [4.78, 5) is 15.8. The number of amides is 1. The minimum Gasteiger partial charge on any atom is -0.375 e. The Morgan fingerprint density at radius 2 is 2.15 bits per heavy atom. The van der Waals surface area contributed by atoms with E-state index < -0.39 is 15.7 Å². The number of anilines is 2. The molecule has 0 aliphatic heterocycles. The van der Waals surface area contributed by atoms with Crippen molar-refractivity contribution in [3.05, 3.63) is 34.3 Å². The average molecular weight is 332 g/mol. The summed E-state index contributed by atoms with van der Waals surface area (Å²) in [5.74, 6) is -0.509. The van der Waals surface area contributed by atoms with Crippen molar-refractivity contribution in [2.45, 2.75) is 4.90 Å². The fourth-order valence-corrected chi connectivity index (χ4v) is 2.76. The van der Waals surface area contributed by atoms with Crippen molar-refractivity contribution in [3.8, 4) is 0 Å². The molecule has 0 saturated heterocycles. The third-order valence-electron chi connectivity index (χ3n) is 2.37. The first kappa shape index (κ1) is 14.8. The molecule has 2 aromatic rings. The average Bonchev–Trinajstić information content (AvgIpc) is 2.77. The van der Waals surface area contributed by atoms with Crippen LogP contribution in [0.25, 0.3) is 0 Å². The van der Waals surface area contributed by atoms with Crippen LogP contribution in [0.2, 0.25) is 5.02 Å². The van der Waals surface area contributed by atoms with Gasteiger partial charge in [0.2, 0.25) is 0 Å². The van der Waals surface area contributed by atoms with Gasteiger partial charge in [-0.05, 0) is 18.2 Å². The van der Waals surface area contributed by atoms with Crippen LogP contribution in [0.5, 0.6) is 0 Å². The molecule has 106 valence electrons. The summed E-state index contributed by atoms with van der Waals surface area (Å²) >= 11 is 7.06. The molecular formula is C11H10ClN3O3S2. The fraction of sp³-hybridized carbons (Fsp3) is 0.0909. The topological polar surface area (TPSA) is 102 Å². The predicted molar refractivity (Wildman–Crippen MR) is 79.0 cm³/mol. The van der Waals surface area contributed by atoms with Crippen molar-refractivity contribution < 1.29 is 13.2 Å². The summed E-state index contributed by atoms with van der Waals surface area (Å²) in [6.45, 7) is 0.